The van der Waals surface area contributed by atoms with Gasteiger partial charge in [-0.2, -0.15) is 11.8 Å². The highest BCUT2D eigenvalue weighted by molar-refractivity contribution is 7.98. The van der Waals surface area contributed by atoms with E-state index in [1.807, 2.05) is 11.8 Å². The van der Waals surface area contributed by atoms with Crippen LogP contribution in [0.2, 0.25) is 0 Å². The zero-order chi connectivity index (χ0) is 13.4. The van der Waals surface area contributed by atoms with Gasteiger partial charge in [0.05, 0.1) is 4.88 Å². The number of carbonyl (C=O) groups is 2. The first-order valence-corrected chi connectivity index (χ1v) is 7.96. The number of nitrogens with one attached hydrogen (secondary N) is 1. The van der Waals surface area contributed by atoms with Crippen LogP contribution in [0.5, 0.6) is 0 Å². The molecule has 1 heterocycles. The number of carbonyl (C=O) groups excluding carboxylic acids is 1. The summed E-state index contributed by atoms with van der Waals surface area (Å²) < 4.78 is 0. The Kier molecular flexibility index (Phi) is 6.82. The van der Waals surface area contributed by atoms with E-state index in [-0.39, 0.29) is 10.8 Å². The summed E-state index contributed by atoms with van der Waals surface area (Å²) in [6.45, 7) is 0.646. The van der Waals surface area contributed by atoms with Gasteiger partial charge in [-0.05, 0) is 37.0 Å². The number of carboxylic acid groups (broad SMARTS) is 1. The largest absolute Gasteiger partial charge is 0.477 e. The second-order valence-electron chi connectivity index (χ2n) is 3.78. The fraction of sp³-hybridized carbons (Fsp3) is 0.500. The molecule has 0 aliphatic rings. The number of carboxylic acids is 1. The Morgan fingerprint density at radius 2 is 2.00 bits per heavy atom. The summed E-state index contributed by atoms with van der Waals surface area (Å²) in [4.78, 5) is 23.0. The number of amides is 1. The van der Waals surface area contributed by atoms with Crippen LogP contribution in [-0.4, -0.2) is 35.5 Å². The van der Waals surface area contributed by atoms with Crippen molar-refractivity contribution < 1.29 is 14.7 Å². The maximum atomic E-state index is 11.7. The zero-order valence-electron chi connectivity index (χ0n) is 10.3. The van der Waals surface area contributed by atoms with Crippen LogP contribution in [0.15, 0.2) is 12.1 Å². The first-order valence-electron chi connectivity index (χ1n) is 5.75. The van der Waals surface area contributed by atoms with Crippen LogP contribution in [0.3, 0.4) is 0 Å². The number of hydrogen-bond acceptors (Lipinski definition) is 4. The van der Waals surface area contributed by atoms with Gasteiger partial charge >= 0.3 is 5.97 Å². The topological polar surface area (TPSA) is 66.4 Å². The Labute approximate surface area is 115 Å². The molecular weight excluding hydrogens is 270 g/mol. The first-order chi connectivity index (χ1) is 8.65. The van der Waals surface area contributed by atoms with Crippen LogP contribution < -0.4 is 5.32 Å². The predicted molar refractivity (Wildman–Crippen MR) is 75.8 cm³/mol. The molecule has 0 bridgehead atoms. The second kappa shape index (κ2) is 8.16. The third-order valence-corrected chi connectivity index (χ3v) is 4.12. The third kappa shape index (κ3) is 5.10. The lowest BCUT2D eigenvalue weighted by atomic mass is 10.2. The van der Waals surface area contributed by atoms with E-state index in [2.05, 4.69) is 11.6 Å². The van der Waals surface area contributed by atoms with Crippen LogP contribution in [0.4, 0.5) is 0 Å². The zero-order valence-corrected chi connectivity index (χ0v) is 11.9. The normalized spacial score (nSPS) is 10.3. The molecule has 0 atom stereocenters. The van der Waals surface area contributed by atoms with Gasteiger partial charge in [0.2, 0.25) is 0 Å². The molecule has 18 heavy (non-hydrogen) atoms. The Morgan fingerprint density at radius 3 is 2.61 bits per heavy atom. The summed E-state index contributed by atoms with van der Waals surface area (Å²) in [7, 11) is 0. The molecule has 0 radical (unpaired) electrons. The maximum absolute atomic E-state index is 11.7. The number of unbranched alkanes of at least 4 members (excludes halogenated alkanes) is 2. The van der Waals surface area contributed by atoms with E-state index >= 15 is 0 Å². The summed E-state index contributed by atoms with van der Waals surface area (Å²) in [5.74, 6) is -0.0191. The lowest BCUT2D eigenvalue weighted by molar-refractivity contribution is 0.0702. The Morgan fingerprint density at radius 1 is 1.28 bits per heavy atom. The fourth-order valence-corrected chi connectivity index (χ4v) is 2.67. The molecule has 0 aliphatic carbocycles. The molecule has 2 N–H and O–H groups in total. The molecule has 100 valence electrons. The van der Waals surface area contributed by atoms with Crippen LogP contribution in [0.1, 0.15) is 38.6 Å². The molecule has 0 unspecified atom stereocenters. The minimum Gasteiger partial charge on any atom is -0.477 e. The van der Waals surface area contributed by atoms with E-state index < -0.39 is 5.97 Å². The van der Waals surface area contributed by atoms with Crippen LogP contribution in [0.25, 0.3) is 0 Å². The van der Waals surface area contributed by atoms with E-state index in [0.717, 1.165) is 29.9 Å². The van der Waals surface area contributed by atoms with Crippen molar-refractivity contribution in [1.29, 1.82) is 0 Å². The quantitative estimate of drug-likeness (QED) is 0.721. The Balaban J connectivity index is 2.25. The second-order valence-corrected chi connectivity index (χ2v) is 5.85. The lowest BCUT2D eigenvalue weighted by Crippen LogP contribution is -2.23. The average Bonchev–Trinajstić information content (AvgIpc) is 2.83. The fourth-order valence-electron chi connectivity index (χ4n) is 1.41. The van der Waals surface area contributed by atoms with Crippen LogP contribution >= 0.6 is 23.1 Å². The van der Waals surface area contributed by atoms with Crippen molar-refractivity contribution in [1.82, 2.24) is 5.32 Å². The Bertz CT molecular complexity index is 404. The van der Waals surface area contributed by atoms with Gasteiger partial charge in [0.25, 0.3) is 5.91 Å². The summed E-state index contributed by atoms with van der Waals surface area (Å²) in [6.07, 6.45) is 5.31. The summed E-state index contributed by atoms with van der Waals surface area (Å²) in [5, 5.41) is 11.6. The number of hydrogen-bond donors (Lipinski definition) is 2. The van der Waals surface area contributed by atoms with Crippen molar-refractivity contribution in [3.05, 3.63) is 21.9 Å². The monoisotopic (exact) mass is 287 g/mol. The molecule has 0 saturated carbocycles. The van der Waals surface area contributed by atoms with Gasteiger partial charge in [0, 0.05) is 6.54 Å². The van der Waals surface area contributed by atoms with Crippen LogP contribution in [-0.2, 0) is 0 Å². The maximum Gasteiger partial charge on any atom is 0.345 e. The minimum atomic E-state index is -0.990. The highest BCUT2D eigenvalue weighted by atomic mass is 32.2. The van der Waals surface area contributed by atoms with Crippen molar-refractivity contribution in [2.24, 2.45) is 0 Å². The summed E-state index contributed by atoms with van der Waals surface area (Å²) in [5.41, 5.74) is 0. The number of rotatable bonds is 8. The van der Waals surface area contributed by atoms with Gasteiger partial charge in [0.15, 0.2) is 0 Å². The molecule has 6 heteroatoms. The molecule has 0 saturated heterocycles. The highest BCUT2D eigenvalue weighted by Gasteiger charge is 2.11. The SMILES string of the molecule is CSCCCCCNC(=O)c1ccc(C(=O)O)s1. The Hall–Kier alpha value is -1.01. The number of thioether (sulfide) groups is 1. The smallest absolute Gasteiger partial charge is 0.345 e. The van der Waals surface area contributed by atoms with Gasteiger partial charge in [-0.15, -0.1) is 11.3 Å². The molecule has 4 nitrogen and oxygen atoms in total. The van der Waals surface area contributed by atoms with Crippen molar-refractivity contribution in [3.8, 4) is 0 Å². The van der Waals surface area contributed by atoms with Gasteiger partial charge in [-0.1, -0.05) is 6.42 Å². The molecule has 1 aromatic heterocycles. The van der Waals surface area contributed by atoms with Crippen molar-refractivity contribution in [2.75, 3.05) is 18.6 Å². The molecule has 0 fully saturated rings. The van der Waals surface area contributed by atoms with E-state index in [1.54, 1.807) is 6.07 Å². The molecule has 1 rings (SSSR count). The average molecular weight is 287 g/mol. The minimum absolute atomic E-state index is 0.183. The molecule has 0 aromatic carbocycles. The van der Waals surface area contributed by atoms with Gasteiger partial charge in [-0.3, -0.25) is 4.79 Å². The first kappa shape index (κ1) is 15.0. The molecule has 1 amide bonds. The van der Waals surface area contributed by atoms with E-state index in [9.17, 15) is 9.59 Å². The van der Waals surface area contributed by atoms with Crippen LogP contribution in [0, 0.1) is 0 Å². The summed E-state index contributed by atoms with van der Waals surface area (Å²) in [6, 6.07) is 3.01. The summed E-state index contributed by atoms with van der Waals surface area (Å²) >= 11 is 2.83. The van der Waals surface area contributed by atoms with Gasteiger partial charge in [0.1, 0.15) is 4.88 Å². The molecule has 0 spiro atoms. The van der Waals surface area contributed by atoms with Crippen molar-refractivity contribution >= 4 is 35.0 Å². The molecule has 0 aliphatic heterocycles. The predicted octanol–water partition coefficient (Wildman–Crippen LogP) is 2.71. The van der Waals surface area contributed by atoms with E-state index in [1.165, 1.54) is 12.5 Å². The van der Waals surface area contributed by atoms with E-state index in [0.29, 0.717) is 11.4 Å². The molecular formula is C12H17NO3S2. The van der Waals surface area contributed by atoms with E-state index in [4.69, 9.17) is 5.11 Å². The van der Waals surface area contributed by atoms with Gasteiger partial charge < -0.3 is 10.4 Å². The standard InChI is InChI=1S/C12H17NO3S2/c1-17-8-4-2-3-7-13-11(14)9-5-6-10(18-9)12(15)16/h5-6H,2-4,7-8H2,1H3,(H,13,14)(H,15,16). The van der Waals surface area contributed by atoms with Crippen molar-refractivity contribution in [3.63, 3.8) is 0 Å². The highest BCUT2D eigenvalue weighted by Crippen LogP contribution is 2.16. The molecule has 1 aromatic rings. The lowest BCUT2D eigenvalue weighted by Gasteiger charge is -2.03. The third-order valence-electron chi connectivity index (χ3n) is 2.35. The number of thiophene rings is 1. The number of aromatic carboxylic acids is 1. The van der Waals surface area contributed by atoms with Crippen molar-refractivity contribution in [2.45, 2.75) is 19.3 Å². The van der Waals surface area contributed by atoms with Gasteiger partial charge in [-0.25, -0.2) is 4.79 Å².